The van der Waals surface area contributed by atoms with Crippen molar-refractivity contribution in [1.29, 1.82) is 0 Å². The first-order valence-corrected chi connectivity index (χ1v) is 6.63. The Hall–Kier alpha value is -1.28. The van der Waals surface area contributed by atoms with Gasteiger partial charge < -0.3 is 10.1 Å². The van der Waals surface area contributed by atoms with E-state index in [4.69, 9.17) is 0 Å². The molecule has 0 aliphatic carbocycles. The normalized spacial score (nSPS) is 12.1. The Labute approximate surface area is 120 Å². The predicted molar refractivity (Wildman–Crippen MR) is 69.4 cm³/mol. The first kappa shape index (κ1) is 17.8. The van der Waals surface area contributed by atoms with Crippen LogP contribution in [0.2, 0.25) is 0 Å². The lowest BCUT2D eigenvalue weighted by molar-refractivity contribution is -0.168. The third-order valence-electron chi connectivity index (χ3n) is 2.53. The van der Waals surface area contributed by atoms with Gasteiger partial charge >= 0.3 is 12.3 Å². The first-order valence-electron chi connectivity index (χ1n) is 6.63. The molecule has 120 valence electrons. The summed E-state index contributed by atoms with van der Waals surface area (Å²) in [7, 11) is 0. The Bertz CT molecular complexity index is 443. The maximum absolute atomic E-state index is 12.7. The third kappa shape index (κ3) is 6.34. The zero-order chi connectivity index (χ0) is 15.9. The molecule has 4 nitrogen and oxygen atoms in total. The van der Waals surface area contributed by atoms with Gasteiger partial charge in [-0.15, -0.1) is 0 Å². The van der Waals surface area contributed by atoms with Crippen LogP contribution in [0.15, 0.2) is 6.07 Å². The zero-order valence-electron chi connectivity index (χ0n) is 12.0. The minimum absolute atomic E-state index is 0.202. The highest BCUT2D eigenvalue weighted by Crippen LogP contribution is 2.23. The van der Waals surface area contributed by atoms with Crippen LogP contribution in [0.1, 0.15) is 30.6 Å². The summed E-state index contributed by atoms with van der Waals surface area (Å²) in [5.41, 5.74) is 1.37. The molecule has 0 spiro atoms. The number of aromatic nitrogens is 2. The van der Waals surface area contributed by atoms with Gasteiger partial charge in [0.1, 0.15) is 13.2 Å². The van der Waals surface area contributed by atoms with E-state index in [0.29, 0.717) is 17.9 Å². The molecule has 1 rings (SSSR count). The smallest absolute Gasteiger partial charge is 0.330 e. The molecule has 0 saturated heterocycles. The van der Waals surface area contributed by atoms with Crippen molar-refractivity contribution in [3.63, 3.8) is 0 Å². The fraction of sp³-hybridized carbons (Fsp3) is 0.692. The zero-order valence-corrected chi connectivity index (χ0v) is 12.0. The summed E-state index contributed by atoms with van der Waals surface area (Å²) < 4.78 is 53.9. The summed E-state index contributed by atoms with van der Waals surface area (Å²) in [5.74, 6) is -3.96. The average Bonchev–Trinajstić information content (AvgIpc) is 2.38. The van der Waals surface area contributed by atoms with Crippen LogP contribution in [-0.4, -0.2) is 35.5 Å². The SMILES string of the molecule is CCCNCc1cc(C)nc(COCC(F)(F)C(F)F)n1. The van der Waals surface area contributed by atoms with Crippen molar-refractivity contribution in [2.75, 3.05) is 13.2 Å². The number of hydrogen-bond acceptors (Lipinski definition) is 4. The van der Waals surface area contributed by atoms with Gasteiger partial charge in [-0.1, -0.05) is 6.92 Å². The van der Waals surface area contributed by atoms with Crippen molar-refractivity contribution in [1.82, 2.24) is 15.3 Å². The van der Waals surface area contributed by atoms with E-state index in [1.165, 1.54) is 0 Å². The summed E-state index contributed by atoms with van der Waals surface area (Å²) in [4.78, 5) is 8.17. The second kappa shape index (κ2) is 8.23. The van der Waals surface area contributed by atoms with Crippen molar-refractivity contribution in [2.24, 2.45) is 0 Å². The van der Waals surface area contributed by atoms with Crippen molar-refractivity contribution in [3.8, 4) is 0 Å². The van der Waals surface area contributed by atoms with Crippen LogP contribution in [0, 0.1) is 6.92 Å². The fourth-order valence-corrected chi connectivity index (χ4v) is 1.59. The van der Waals surface area contributed by atoms with Gasteiger partial charge in [0.2, 0.25) is 0 Å². The number of nitrogens with one attached hydrogen (secondary N) is 1. The van der Waals surface area contributed by atoms with E-state index in [0.717, 1.165) is 13.0 Å². The second-order valence-corrected chi connectivity index (χ2v) is 4.65. The summed E-state index contributed by atoms with van der Waals surface area (Å²) >= 11 is 0. The average molecular weight is 309 g/mol. The van der Waals surface area contributed by atoms with E-state index in [9.17, 15) is 17.6 Å². The molecule has 0 aromatic carbocycles. The minimum atomic E-state index is -4.16. The molecule has 1 aromatic rings. The lowest BCUT2D eigenvalue weighted by Gasteiger charge is -2.15. The molecule has 1 N–H and O–H groups in total. The highest BCUT2D eigenvalue weighted by Gasteiger charge is 2.40. The molecular weight excluding hydrogens is 290 g/mol. The Morgan fingerprint density at radius 2 is 2.05 bits per heavy atom. The van der Waals surface area contributed by atoms with Crippen LogP contribution in [0.3, 0.4) is 0 Å². The Kier molecular flexibility index (Phi) is 6.97. The highest BCUT2D eigenvalue weighted by molar-refractivity contribution is 5.09. The van der Waals surface area contributed by atoms with Gasteiger partial charge in [0.25, 0.3) is 0 Å². The summed E-state index contributed by atoms with van der Waals surface area (Å²) in [6.45, 7) is 3.44. The van der Waals surface area contributed by atoms with Gasteiger partial charge in [0.15, 0.2) is 5.82 Å². The van der Waals surface area contributed by atoms with Gasteiger partial charge in [0.05, 0.1) is 5.69 Å². The molecule has 0 aliphatic heterocycles. The third-order valence-corrected chi connectivity index (χ3v) is 2.53. The number of nitrogens with zero attached hydrogens (tertiary/aromatic N) is 2. The minimum Gasteiger partial charge on any atom is -0.367 e. The van der Waals surface area contributed by atoms with Gasteiger partial charge in [0, 0.05) is 12.2 Å². The van der Waals surface area contributed by atoms with Crippen LogP contribution in [-0.2, 0) is 17.9 Å². The number of alkyl halides is 4. The maximum atomic E-state index is 12.7. The second-order valence-electron chi connectivity index (χ2n) is 4.65. The molecule has 8 heteroatoms. The fourth-order valence-electron chi connectivity index (χ4n) is 1.59. The number of ether oxygens (including phenoxy) is 1. The molecule has 0 bridgehead atoms. The van der Waals surface area contributed by atoms with Crippen LogP contribution >= 0.6 is 0 Å². The maximum Gasteiger partial charge on any atom is 0.330 e. The number of halogens is 4. The topological polar surface area (TPSA) is 47.0 Å². The number of aryl methyl sites for hydroxylation is 1. The molecule has 0 atom stereocenters. The standard InChI is InChI=1S/C13H19F4N3O/c1-3-4-18-6-10-5-9(2)19-11(20-10)7-21-8-13(16,17)12(14)15/h5,12,18H,3-4,6-8H2,1-2H3. The quantitative estimate of drug-likeness (QED) is 0.563. The van der Waals surface area contributed by atoms with Crippen molar-refractivity contribution in [2.45, 2.75) is 45.8 Å². The van der Waals surface area contributed by atoms with Gasteiger partial charge in [-0.05, 0) is 26.0 Å². The van der Waals surface area contributed by atoms with Crippen molar-refractivity contribution < 1.29 is 22.3 Å². The van der Waals surface area contributed by atoms with E-state index in [-0.39, 0.29) is 12.4 Å². The van der Waals surface area contributed by atoms with Crippen LogP contribution in [0.5, 0.6) is 0 Å². The molecule has 0 radical (unpaired) electrons. The van der Waals surface area contributed by atoms with E-state index < -0.39 is 19.0 Å². The van der Waals surface area contributed by atoms with Crippen molar-refractivity contribution >= 4 is 0 Å². The van der Waals surface area contributed by atoms with Crippen LogP contribution in [0.25, 0.3) is 0 Å². The van der Waals surface area contributed by atoms with E-state index in [1.807, 2.05) is 6.92 Å². The van der Waals surface area contributed by atoms with E-state index in [2.05, 4.69) is 20.0 Å². The summed E-state index contributed by atoms with van der Waals surface area (Å²) in [6.07, 6.45) is -2.77. The number of rotatable bonds is 9. The largest absolute Gasteiger partial charge is 0.367 e. The molecule has 1 aromatic heterocycles. The summed E-state index contributed by atoms with van der Waals surface area (Å²) in [6, 6.07) is 1.76. The van der Waals surface area contributed by atoms with Gasteiger partial charge in [-0.2, -0.15) is 8.78 Å². The molecule has 0 saturated carbocycles. The highest BCUT2D eigenvalue weighted by atomic mass is 19.3. The van der Waals surface area contributed by atoms with E-state index in [1.54, 1.807) is 13.0 Å². The molecule has 1 heterocycles. The van der Waals surface area contributed by atoms with Crippen LogP contribution < -0.4 is 5.32 Å². The Morgan fingerprint density at radius 1 is 1.33 bits per heavy atom. The van der Waals surface area contributed by atoms with Gasteiger partial charge in [-0.25, -0.2) is 18.7 Å². The lowest BCUT2D eigenvalue weighted by atomic mass is 10.3. The van der Waals surface area contributed by atoms with E-state index >= 15 is 0 Å². The molecule has 0 fully saturated rings. The van der Waals surface area contributed by atoms with Gasteiger partial charge in [-0.3, -0.25) is 0 Å². The monoisotopic (exact) mass is 309 g/mol. The first-order chi connectivity index (χ1) is 9.85. The predicted octanol–water partition coefficient (Wildman–Crippen LogP) is 2.70. The molecule has 21 heavy (non-hydrogen) atoms. The molecule has 0 aliphatic rings. The number of hydrogen-bond donors (Lipinski definition) is 1. The molecule has 0 amide bonds. The molecule has 0 unspecified atom stereocenters. The molecular formula is C13H19F4N3O. The van der Waals surface area contributed by atoms with Crippen LogP contribution in [0.4, 0.5) is 17.6 Å². The Balaban J connectivity index is 2.55. The lowest BCUT2D eigenvalue weighted by Crippen LogP contribution is -2.32. The van der Waals surface area contributed by atoms with Crippen molar-refractivity contribution in [3.05, 3.63) is 23.3 Å². The Morgan fingerprint density at radius 3 is 2.67 bits per heavy atom. The summed E-state index contributed by atoms with van der Waals surface area (Å²) in [5, 5.41) is 3.15.